The van der Waals surface area contributed by atoms with Gasteiger partial charge in [-0.25, -0.2) is 14.6 Å². The fraction of sp³-hybridized carbons (Fsp3) is 0.714. The summed E-state index contributed by atoms with van der Waals surface area (Å²) in [5.41, 5.74) is 7.24. The number of hydrogen-bond acceptors (Lipinski definition) is 7. The number of fused-ring (bicyclic) bond motifs is 1. The molecule has 0 aliphatic carbocycles. The summed E-state index contributed by atoms with van der Waals surface area (Å²) in [5.74, 6) is 1.00. The van der Waals surface area contributed by atoms with Gasteiger partial charge in [0.05, 0.1) is 12.6 Å². The van der Waals surface area contributed by atoms with Crippen LogP contribution in [-0.4, -0.2) is 44.3 Å². The first-order chi connectivity index (χ1) is 10.8. The Morgan fingerprint density at radius 3 is 2.77 bits per heavy atom. The third-order valence-electron chi connectivity index (χ3n) is 4.28. The number of anilines is 1. The molecule has 2 N–H and O–H groups in total. The topological polar surface area (TPSA) is 101 Å². The molecule has 2 aliphatic rings. The van der Waals surface area contributed by atoms with Gasteiger partial charge in [-0.1, -0.05) is 5.21 Å². The third-order valence-corrected chi connectivity index (χ3v) is 4.28. The Morgan fingerprint density at radius 1 is 1.09 bits per heavy atom. The summed E-state index contributed by atoms with van der Waals surface area (Å²) in [6.07, 6.45) is 5.42. The van der Waals surface area contributed by atoms with Gasteiger partial charge in [-0.15, -0.1) is 5.10 Å². The van der Waals surface area contributed by atoms with Gasteiger partial charge in [-0.05, 0) is 32.1 Å². The lowest BCUT2D eigenvalue weighted by Crippen LogP contribution is -2.25. The summed E-state index contributed by atoms with van der Waals surface area (Å²) in [6.45, 7) is 2.22. The SMILES string of the molecule is Nc1nc(C2CCCO2)nc2c1nnn2CC1CCCCO1. The van der Waals surface area contributed by atoms with Gasteiger partial charge in [0.25, 0.3) is 0 Å². The highest BCUT2D eigenvalue weighted by Gasteiger charge is 2.24. The average molecular weight is 304 g/mol. The molecule has 2 aromatic rings. The van der Waals surface area contributed by atoms with Crippen molar-refractivity contribution < 1.29 is 9.47 Å². The number of nitrogen functional groups attached to an aromatic ring is 1. The predicted octanol–water partition coefficient (Wildman–Crippen LogP) is 1.22. The fourth-order valence-electron chi connectivity index (χ4n) is 3.09. The predicted molar refractivity (Wildman–Crippen MR) is 79.0 cm³/mol. The van der Waals surface area contributed by atoms with E-state index in [-0.39, 0.29) is 12.2 Å². The van der Waals surface area contributed by atoms with Crippen molar-refractivity contribution in [3.8, 4) is 0 Å². The van der Waals surface area contributed by atoms with Gasteiger partial charge in [0, 0.05) is 13.2 Å². The Bertz CT molecular complexity index is 661. The van der Waals surface area contributed by atoms with Crippen LogP contribution in [0.5, 0.6) is 0 Å². The van der Waals surface area contributed by atoms with E-state index in [0.717, 1.165) is 38.9 Å². The summed E-state index contributed by atoms with van der Waals surface area (Å²) in [4.78, 5) is 8.95. The highest BCUT2D eigenvalue weighted by molar-refractivity contribution is 5.80. The van der Waals surface area contributed by atoms with Crippen LogP contribution in [0.3, 0.4) is 0 Å². The fourth-order valence-corrected chi connectivity index (χ4v) is 3.09. The van der Waals surface area contributed by atoms with Crippen molar-refractivity contribution in [2.45, 2.75) is 50.9 Å². The van der Waals surface area contributed by atoms with Crippen LogP contribution in [-0.2, 0) is 16.0 Å². The molecule has 0 amide bonds. The Morgan fingerprint density at radius 2 is 2.00 bits per heavy atom. The second-order valence-electron chi connectivity index (χ2n) is 5.90. The van der Waals surface area contributed by atoms with E-state index in [2.05, 4.69) is 20.3 Å². The molecular weight excluding hydrogens is 284 g/mol. The van der Waals surface area contributed by atoms with E-state index in [9.17, 15) is 0 Å². The van der Waals surface area contributed by atoms with Crippen LogP contribution >= 0.6 is 0 Å². The van der Waals surface area contributed by atoms with E-state index in [0.29, 0.717) is 29.4 Å². The molecule has 8 heteroatoms. The maximum Gasteiger partial charge on any atom is 0.184 e. The minimum absolute atomic E-state index is 0.0685. The summed E-state index contributed by atoms with van der Waals surface area (Å²) in [7, 11) is 0. The molecule has 8 nitrogen and oxygen atoms in total. The maximum atomic E-state index is 6.02. The van der Waals surface area contributed by atoms with Crippen LogP contribution in [0.1, 0.15) is 44.0 Å². The number of nitrogens with two attached hydrogens (primary N) is 1. The Balaban J connectivity index is 1.66. The largest absolute Gasteiger partial charge is 0.382 e. The smallest absolute Gasteiger partial charge is 0.184 e. The van der Waals surface area contributed by atoms with Gasteiger partial charge in [-0.3, -0.25) is 0 Å². The van der Waals surface area contributed by atoms with Crippen LogP contribution in [0.4, 0.5) is 5.82 Å². The zero-order valence-electron chi connectivity index (χ0n) is 12.4. The zero-order chi connectivity index (χ0) is 14.9. The number of hydrogen-bond donors (Lipinski definition) is 1. The second-order valence-corrected chi connectivity index (χ2v) is 5.90. The quantitative estimate of drug-likeness (QED) is 0.909. The van der Waals surface area contributed by atoms with Crippen LogP contribution in [0.2, 0.25) is 0 Å². The molecule has 2 saturated heterocycles. The third kappa shape index (κ3) is 2.52. The molecule has 2 atom stereocenters. The molecule has 0 spiro atoms. The van der Waals surface area contributed by atoms with Crippen molar-refractivity contribution >= 4 is 17.0 Å². The van der Waals surface area contributed by atoms with E-state index >= 15 is 0 Å². The normalized spacial score (nSPS) is 25.8. The average Bonchev–Trinajstić information content (AvgIpc) is 3.19. The first-order valence-corrected chi connectivity index (χ1v) is 7.91. The highest BCUT2D eigenvalue weighted by Crippen LogP contribution is 2.28. The molecule has 118 valence electrons. The van der Waals surface area contributed by atoms with Crippen molar-refractivity contribution in [3.63, 3.8) is 0 Å². The lowest BCUT2D eigenvalue weighted by Gasteiger charge is -2.22. The van der Waals surface area contributed by atoms with Crippen molar-refractivity contribution in [2.75, 3.05) is 18.9 Å². The molecule has 0 saturated carbocycles. The lowest BCUT2D eigenvalue weighted by molar-refractivity contribution is 0.00432. The van der Waals surface area contributed by atoms with Crippen molar-refractivity contribution in [1.82, 2.24) is 25.0 Å². The molecule has 22 heavy (non-hydrogen) atoms. The number of nitrogens with zero attached hydrogens (tertiary/aromatic N) is 5. The summed E-state index contributed by atoms with van der Waals surface area (Å²) < 4.78 is 13.2. The zero-order valence-corrected chi connectivity index (χ0v) is 12.4. The van der Waals surface area contributed by atoms with E-state index in [1.165, 1.54) is 6.42 Å². The van der Waals surface area contributed by atoms with Crippen LogP contribution in [0, 0.1) is 0 Å². The minimum Gasteiger partial charge on any atom is -0.382 e. The van der Waals surface area contributed by atoms with Crippen molar-refractivity contribution in [3.05, 3.63) is 5.82 Å². The van der Waals surface area contributed by atoms with Gasteiger partial charge in [-0.2, -0.15) is 0 Å². The maximum absolute atomic E-state index is 6.02. The highest BCUT2D eigenvalue weighted by atomic mass is 16.5. The van der Waals surface area contributed by atoms with E-state index in [4.69, 9.17) is 15.2 Å². The molecule has 2 fully saturated rings. The molecule has 2 unspecified atom stereocenters. The Kier molecular flexibility index (Phi) is 3.63. The molecular formula is C14H20N6O2. The molecule has 2 aromatic heterocycles. The van der Waals surface area contributed by atoms with Gasteiger partial charge >= 0.3 is 0 Å². The number of ether oxygens (including phenoxy) is 2. The monoisotopic (exact) mass is 304 g/mol. The summed E-state index contributed by atoms with van der Waals surface area (Å²) >= 11 is 0. The summed E-state index contributed by atoms with van der Waals surface area (Å²) in [5, 5.41) is 8.30. The summed E-state index contributed by atoms with van der Waals surface area (Å²) in [6, 6.07) is 0. The van der Waals surface area contributed by atoms with Crippen LogP contribution < -0.4 is 5.73 Å². The van der Waals surface area contributed by atoms with Crippen molar-refractivity contribution in [2.24, 2.45) is 0 Å². The second kappa shape index (κ2) is 5.77. The van der Waals surface area contributed by atoms with E-state index < -0.39 is 0 Å². The van der Waals surface area contributed by atoms with Crippen LogP contribution in [0.15, 0.2) is 0 Å². The molecule has 4 heterocycles. The van der Waals surface area contributed by atoms with Gasteiger partial charge in [0.15, 0.2) is 22.8 Å². The first kappa shape index (κ1) is 13.8. The number of aromatic nitrogens is 5. The van der Waals surface area contributed by atoms with Crippen LogP contribution in [0.25, 0.3) is 11.2 Å². The lowest BCUT2D eigenvalue weighted by atomic mass is 10.1. The molecule has 0 radical (unpaired) electrons. The molecule has 0 bridgehead atoms. The van der Waals surface area contributed by atoms with Crippen molar-refractivity contribution in [1.29, 1.82) is 0 Å². The van der Waals surface area contributed by atoms with E-state index in [1.807, 2.05) is 0 Å². The number of rotatable bonds is 3. The minimum atomic E-state index is -0.0685. The first-order valence-electron chi connectivity index (χ1n) is 7.91. The standard InChI is InChI=1S/C14H20N6O2/c15-12-11-14(17-13(16-12)10-5-3-7-22-10)20(19-18-11)8-9-4-1-2-6-21-9/h9-10H,1-8H2,(H2,15,16,17). The van der Waals surface area contributed by atoms with Gasteiger partial charge in [0.2, 0.25) is 0 Å². The van der Waals surface area contributed by atoms with E-state index in [1.54, 1.807) is 4.68 Å². The van der Waals surface area contributed by atoms with Gasteiger partial charge < -0.3 is 15.2 Å². The van der Waals surface area contributed by atoms with Gasteiger partial charge in [0.1, 0.15) is 6.10 Å². The Hall–Kier alpha value is -1.80. The molecule has 2 aliphatic heterocycles. The molecule has 4 rings (SSSR count). The Labute approximate surface area is 128 Å². The molecule has 0 aromatic carbocycles.